The minimum Gasteiger partial charge on any atom is -0.491 e. The van der Waals surface area contributed by atoms with E-state index in [0.717, 1.165) is 22.3 Å². The summed E-state index contributed by atoms with van der Waals surface area (Å²) in [4.78, 5) is 9.77. The van der Waals surface area contributed by atoms with Crippen LogP contribution in [0.4, 0.5) is 0 Å². The fourth-order valence-corrected chi connectivity index (χ4v) is 2.72. The van der Waals surface area contributed by atoms with E-state index in [-0.39, 0.29) is 24.0 Å². The Morgan fingerprint density at radius 3 is 2.48 bits per heavy atom. The number of thiazole rings is 1. The van der Waals surface area contributed by atoms with E-state index in [4.69, 9.17) is 9.47 Å². The Kier molecular flexibility index (Phi) is 10.4. The molecule has 6 nitrogen and oxygen atoms in total. The number of aromatic nitrogens is 1. The Hall–Kier alpha value is -1.39. The van der Waals surface area contributed by atoms with E-state index in [1.807, 2.05) is 30.5 Å². The summed E-state index contributed by atoms with van der Waals surface area (Å²) in [5.74, 6) is 1.60. The summed E-state index contributed by atoms with van der Waals surface area (Å²) in [6.45, 7) is 4.56. The molecule has 0 atom stereocenters. The quantitative estimate of drug-likeness (QED) is 0.266. The molecular weight excluding hydrogens is 451 g/mol. The molecule has 0 saturated heterocycles. The summed E-state index contributed by atoms with van der Waals surface area (Å²) in [6, 6.07) is 7.99. The number of aryl methyl sites for hydroxylation is 1. The number of hydrogen-bond acceptors (Lipinski definition) is 5. The molecule has 25 heavy (non-hydrogen) atoms. The Labute approximate surface area is 170 Å². The van der Waals surface area contributed by atoms with E-state index in [9.17, 15) is 0 Å². The van der Waals surface area contributed by atoms with Crippen molar-refractivity contribution in [2.45, 2.75) is 20.0 Å². The molecule has 0 saturated carbocycles. The van der Waals surface area contributed by atoms with Crippen molar-refractivity contribution in [1.82, 2.24) is 15.6 Å². The smallest absolute Gasteiger partial charge is 0.191 e. The number of aliphatic imine (C=N–C) groups is 1. The van der Waals surface area contributed by atoms with Gasteiger partial charge in [0, 0.05) is 31.8 Å². The average Bonchev–Trinajstić information content (AvgIpc) is 3.02. The summed E-state index contributed by atoms with van der Waals surface area (Å²) >= 11 is 1.69. The van der Waals surface area contributed by atoms with Crippen molar-refractivity contribution in [2.24, 2.45) is 4.99 Å². The monoisotopic (exact) mass is 476 g/mol. The van der Waals surface area contributed by atoms with E-state index in [1.165, 1.54) is 4.88 Å². The molecule has 0 amide bonds. The zero-order valence-corrected chi connectivity index (χ0v) is 17.9. The van der Waals surface area contributed by atoms with E-state index in [0.29, 0.717) is 26.3 Å². The van der Waals surface area contributed by atoms with Crippen LogP contribution in [-0.4, -0.2) is 38.3 Å². The second-order valence-electron chi connectivity index (χ2n) is 5.13. The zero-order valence-electron chi connectivity index (χ0n) is 14.7. The lowest BCUT2D eigenvalue weighted by atomic mass is 10.2. The maximum absolute atomic E-state index is 5.55. The van der Waals surface area contributed by atoms with Gasteiger partial charge in [-0.3, -0.25) is 4.99 Å². The van der Waals surface area contributed by atoms with Crippen LogP contribution in [0, 0.1) is 6.92 Å². The molecule has 1 heterocycles. The summed E-state index contributed by atoms with van der Waals surface area (Å²) in [5, 5.41) is 7.60. The highest BCUT2D eigenvalue weighted by atomic mass is 127. The fraction of sp³-hybridized carbons (Fsp3) is 0.412. The van der Waals surface area contributed by atoms with Crippen LogP contribution in [-0.2, 0) is 17.8 Å². The highest BCUT2D eigenvalue weighted by Crippen LogP contribution is 2.12. The Bertz CT molecular complexity index is 646. The second-order valence-corrected chi connectivity index (χ2v) is 6.45. The van der Waals surface area contributed by atoms with E-state index >= 15 is 0 Å². The third kappa shape index (κ3) is 8.02. The number of halogens is 1. The number of hydrogen-bond donors (Lipinski definition) is 2. The van der Waals surface area contributed by atoms with Crippen LogP contribution in [0.25, 0.3) is 0 Å². The molecular formula is C17H25IN4O2S. The molecule has 1 aromatic heterocycles. The number of nitrogens with zero attached hydrogens (tertiary/aromatic N) is 2. The van der Waals surface area contributed by atoms with E-state index in [1.54, 1.807) is 25.5 Å². The lowest BCUT2D eigenvalue weighted by Gasteiger charge is -2.11. The largest absolute Gasteiger partial charge is 0.491 e. The van der Waals surface area contributed by atoms with E-state index in [2.05, 4.69) is 27.5 Å². The number of benzene rings is 1. The van der Waals surface area contributed by atoms with Crippen LogP contribution in [0.5, 0.6) is 5.75 Å². The summed E-state index contributed by atoms with van der Waals surface area (Å²) in [7, 11) is 3.42. The van der Waals surface area contributed by atoms with Crippen LogP contribution >= 0.6 is 35.3 Å². The molecule has 8 heteroatoms. The molecule has 138 valence electrons. The average molecular weight is 476 g/mol. The first-order chi connectivity index (χ1) is 11.7. The molecule has 0 aliphatic rings. The Morgan fingerprint density at radius 2 is 1.88 bits per heavy atom. The summed E-state index contributed by atoms with van der Waals surface area (Å²) < 4.78 is 10.5. The van der Waals surface area contributed by atoms with Gasteiger partial charge in [-0.25, -0.2) is 4.98 Å². The van der Waals surface area contributed by atoms with Gasteiger partial charge >= 0.3 is 0 Å². The Balaban J connectivity index is 0.00000312. The molecule has 0 aliphatic heterocycles. The number of rotatable bonds is 8. The first-order valence-corrected chi connectivity index (χ1v) is 8.59. The van der Waals surface area contributed by atoms with Crippen LogP contribution < -0.4 is 15.4 Å². The third-order valence-corrected chi connectivity index (χ3v) is 4.15. The van der Waals surface area contributed by atoms with Crippen molar-refractivity contribution < 1.29 is 9.47 Å². The normalized spacial score (nSPS) is 10.9. The molecule has 2 aromatic rings. The van der Waals surface area contributed by atoms with Gasteiger partial charge in [0.1, 0.15) is 17.4 Å². The van der Waals surface area contributed by atoms with E-state index < -0.39 is 0 Å². The standard InChI is InChI=1S/C17H24N4O2S.HI/c1-13-10-19-16(24-13)12-21-17(18-2)20-11-14-4-6-15(7-5-14)23-9-8-22-3;/h4-7,10H,8-9,11-12H2,1-3H3,(H2,18,20,21);1H. The SMILES string of the molecule is CN=C(NCc1ccc(OCCOC)cc1)NCc1ncc(C)s1.I. The maximum Gasteiger partial charge on any atom is 0.191 e. The fourth-order valence-electron chi connectivity index (χ4n) is 2.00. The van der Waals surface area contributed by atoms with Crippen LogP contribution in [0.15, 0.2) is 35.5 Å². The summed E-state index contributed by atoms with van der Waals surface area (Å²) in [6.07, 6.45) is 1.88. The highest BCUT2D eigenvalue weighted by molar-refractivity contribution is 14.0. The molecule has 0 spiro atoms. The molecule has 2 N–H and O–H groups in total. The van der Waals surface area contributed by atoms with Crippen molar-refractivity contribution in [3.63, 3.8) is 0 Å². The number of guanidine groups is 1. The minimum absolute atomic E-state index is 0. The summed E-state index contributed by atoms with van der Waals surface area (Å²) in [5.41, 5.74) is 1.15. The number of ether oxygens (including phenoxy) is 2. The first kappa shape index (κ1) is 21.7. The van der Waals surface area contributed by atoms with Gasteiger partial charge in [0.2, 0.25) is 0 Å². The van der Waals surface area contributed by atoms with Gasteiger partial charge in [0.05, 0.1) is 13.2 Å². The second kappa shape index (κ2) is 12.0. The van der Waals surface area contributed by atoms with Gasteiger partial charge in [-0.2, -0.15) is 0 Å². The molecule has 2 rings (SSSR count). The predicted octanol–water partition coefficient (Wildman–Crippen LogP) is 2.96. The zero-order chi connectivity index (χ0) is 17.2. The van der Waals surface area contributed by atoms with Crippen molar-refractivity contribution in [1.29, 1.82) is 0 Å². The van der Waals surface area contributed by atoms with Crippen LogP contribution in [0.1, 0.15) is 15.4 Å². The number of nitrogens with one attached hydrogen (secondary N) is 2. The molecule has 1 aromatic carbocycles. The molecule has 0 unspecified atom stereocenters. The van der Waals surface area contributed by atoms with Gasteiger partial charge < -0.3 is 20.1 Å². The molecule has 0 fully saturated rings. The van der Waals surface area contributed by atoms with Crippen molar-refractivity contribution in [3.8, 4) is 5.75 Å². The lowest BCUT2D eigenvalue weighted by Crippen LogP contribution is -2.36. The van der Waals surface area contributed by atoms with Crippen molar-refractivity contribution in [3.05, 3.63) is 45.9 Å². The van der Waals surface area contributed by atoms with Crippen molar-refractivity contribution in [2.75, 3.05) is 27.4 Å². The van der Waals surface area contributed by atoms with Gasteiger partial charge in [-0.1, -0.05) is 12.1 Å². The highest BCUT2D eigenvalue weighted by Gasteiger charge is 2.02. The van der Waals surface area contributed by atoms with Gasteiger partial charge in [-0.05, 0) is 24.6 Å². The third-order valence-electron chi connectivity index (χ3n) is 3.24. The van der Waals surface area contributed by atoms with Crippen molar-refractivity contribution >= 4 is 41.3 Å². The van der Waals surface area contributed by atoms with Gasteiger partial charge in [0.25, 0.3) is 0 Å². The maximum atomic E-state index is 5.55. The van der Waals surface area contributed by atoms with Gasteiger partial charge in [-0.15, -0.1) is 35.3 Å². The van der Waals surface area contributed by atoms with Crippen LogP contribution in [0.2, 0.25) is 0 Å². The Morgan fingerprint density at radius 1 is 1.16 bits per heavy atom. The number of methoxy groups -OCH3 is 1. The first-order valence-electron chi connectivity index (χ1n) is 7.77. The van der Waals surface area contributed by atoms with Crippen LogP contribution in [0.3, 0.4) is 0 Å². The molecule has 0 radical (unpaired) electrons. The van der Waals surface area contributed by atoms with Gasteiger partial charge in [0.15, 0.2) is 5.96 Å². The topological polar surface area (TPSA) is 67.8 Å². The molecule has 0 bridgehead atoms. The predicted molar refractivity (Wildman–Crippen MR) is 113 cm³/mol. The molecule has 0 aliphatic carbocycles. The minimum atomic E-state index is 0. The lowest BCUT2D eigenvalue weighted by molar-refractivity contribution is 0.146.